The van der Waals surface area contributed by atoms with E-state index >= 15 is 0 Å². The number of hydrogen-bond acceptors (Lipinski definition) is 5. The van der Waals surface area contributed by atoms with Crippen LogP contribution in [-0.2, 0) is 6.54 Å². The molecule has 3 rings (SSSR count). The Morgan fingerprint density at radius 2 is 2.35 bits per heavy atom. The van der Waals surface area contributed by atoms with Crippen LogP contribution in [0.2, 0.25) is 4.34 Å². The monoisotopic (exact) mass is 309 g/mol. The Morgan fingerprint density at radius 1 is 1.50 bits per heavy atom. The number of carboxylic acids is 1. The number of rotatable bonds is 4. The van der Waals surface area contributed by atoms with Crippen molar-refractivity contribution in [1.82, 2.24) is 14.7 Å². The first-order valence-electron chi connectivity index (χ1n) is 5.58. The zero-order valence-corrected chi connectivity index (χ0v) is 11.6. The topological polar surface area (TPSA) is 81.1 Å². The molecule has 6 nitrogen and oxygen atoms in total. The van der Waals surface area contributed by atoms with E-state index in [1.165, 1.54) is 23.9 Å². The molecule has 0 amide bonds. The lowest BCUT2D eigenvalue weighted by molar-refractivity contribution is 0.0691. The van der Waals surface area contributed by atoms with Gasteiger partial charge in [0.25, 0.3) is 0 Å². The molecule has 0 fully saturated rings. The molecule has 0 unspecified atom stereocenters. The molecule has 102 valence electrons. The zero-order valence-electron chi connectivity index (χ0n) is 9.99. The van der Waals surface area contributed by atoms with Gasteiger partial charge in [0.05, 0.1) is 22.1 Å². The zero-order chi connectivity index (χ0) is 14.1. The van der Waals surface area contributed by atoms with Crippen molar-refractivity contribution < 1.29 is 14.4 Å². The van der Waals surface area contributed by atoms with Crippen LogP contribution in [-0.4, -0.2) is 25.8 Å². The molecule has 0 aliphatic rings. The highest BCUT2D eigenvalue weighted by atomic mass is 35.5. The lowest BCUT2D eigenvalue weighted by atomic mass is 10.3. The lowest BCUT2D eigenvalue weighted by Gasteiger charge is -1.94. The highest BCUT2D eigenvalue weighted by Gasteiger charge is 2.11. The summed E-state index contributed by atoms with van der Waals surface area (Å²) in [6.07, 6.45) is 2.89. The summed E-state index contributed by atoms with van der Waals surface area (Å²) in [5, 5.41) is 12.7. The summed E-state index contributed by atoms with van der Waals surface area (Å²) >= 11 is 7.27. The second-order valence-corrected chi connectivity index (χ2v) is 5.74. The largest absolute Gasteiger partial charge is 0.476 e. The summed E-state index contributed by atoms with van der Waals surface area (Å²) in [6, 6.07) is 5.44. The number of nitrogens with zero attached hydrogens (tertiary/aromatic N) is 3. The van der Waals surface area contributed by atoms with E-state index in [0.29, 0.717) is 22.3 Å². The van der Waals surface area contributed by atoms with Crippen molar-refractivity contribution in [2.45, 2.75) is 6.54 Å². The van der Waals surface area contributed by atoms with E-state index < -0.39 is 5.97 Å². The number of halogens is 1. The fourth-order valence-electron chi connectivity index (χ4n) is 1.69. The van der Waals surface area contributed by atoms with Crippen LogP contribution >= 0.6 is 22.9 Å². The van der Waals surface area contributed by atoms with E-state index in [1.54, 1.807) is 16.7 Å². The maximum atomic E-state index is 10.7. The molecule has 1 N–H and O–H groups in total. The van der Waals surface area contributed by atoms with Crippen LogP contribution in [0.25, 0.3) is 10.6 Å². The average molecular weight is 310 g/mol. The SMILES string of the molecule is O=C(O)c1cn(Cc2cc(-c3ccc(Cl)s3)on2)cn1. The Kier molecular flexibility index (Phi) is 3.29. The molecule has 8 heteroatoms. The van der Waals surface area contributed by atoms with Crippen molar-refractivity contribution in [1.29, 1.82) is 0 Å². The number of hydrogen-bond donors (Lipinski definition) is 1. The van der Waals surface area contributed by atoms with E-state index in [0.717, 1.165) is 4.88 Å². The maximum absolute atomic E-state index is 10.7. The van der Waals surface area contributed by atoms with Crippen LogP contribution in [0.15, 0.2) is 35.2 Å². The van der Waals surface area contributed by atoms with Gasteiger partial charge >= 0.3 is 5.97 Å². The predicted molar refractivity (Wildman–Crippen MR) is 73.1 cm³/mol. The van der Waals surface area contributed by atoms with Crippen molar-refractivity contribution in [2.75, 3.05) is 0 Å². The van der Waals surface area contributed by atoms with Crippen molar-refractivity contribution in [3.8, 4) is 10.6 Å². The first-order chi connectivity index (χ1) is 9.61. The quantitative estimate of drug-likeness (QED) is 0.801. The Balaban J connectivity index is 1.78. The van der Waals surface area contributed by atoms with Gasteiger partial charge in [-0.3, -0.25) is 0 Å². The van der Waals surface area contributed by atoms with Gasteiger partial charge in [-0.15, -0.1) is 11.3 Å². The fraction of sp³-hybridized carbons (Fsp3) is 0.0833. The number of aromatic carboxylic acids is 1. The van der Waals surface area contributed by atoms with Gasteiger partial charge in [-0.1, -0.05) is 16.8 Å². The summed E-state index contributed by atoms with van der Waals surface area (Å²) in [5.74, 6) is -0.423. The molecule has 0 atom stereocenters. The molecule has 0 aliphatic carbocycles. The molecular weight excluding hydrogens is 302 g/mol. The van der Waals surface area contributed by atoms with E-state index in [-0.39, 0.29) is 5.69 Å². The smallest absolute Gasteiger partial charge is 0.356 e. The Labute approximate surface area is 122 Å². The van der Waals surface area contributed by atoms with Crippen LogP contribution in [0.1, 0.15) is 16.2 Å². The molecule has 0 spiro atoms. The van der Waals surface area contributed by atoms with Gasteiger partial charge in [0.2, 0.25) is 0 Å². The predicted octanol–water partition coefficient (Wildman–Crippen LogP) is 3.00. The summed E-state index contributed by atoms with van der Waals surface area (Å²) < 4.78 is 7.55. The summed E-state index contributed by atoms with van der Waals surface area (Å²) in [6.45, 7) is 0.392. The Morgan fingerprint density at radius 3 is 3.00 bits per heavy atom. The standard InChI is InChI=1S/C12H8ClN3O3S/c13-11-2-1-10(20-11)9-3-7(15-19-9)4-16-5-8(12(17)18)14-6-16/h1-3,5-6H,4H2,(H,17,18). The third-order valence-electron chi connectivity index (χ3n) is 2.57. The molecule has 3 aromatic rings. The molecule has 20 heavy (non-hydrogen) atoms. The lowest BCUT2D eigenvalue weighted by Crippen LogP contribution is -1.98. The molecule has 3 heterocycles. The second-order valence-electron chi connectivity index (χ2n) is 4.02. The third kappa shape index (κ3) is 2.59. The highest BCUT2D eigenvalue weighted by Crippen LogP contribution is 2.31. The normalized spacial score (nSPS) is 10.8. The third-order valence-corrected chi connectivity index (χ3v) is 3.82. The van der Waals surface area contributed by atoms with Gasteiger partial charge in [0.15, 0.2) is 11.5 Å². The van der Waals surface area contributed by atoms with Gasteiger partial charge in [-0.25, -0.2) is 9.78 Å². The number of imidazole rings is 1. The second kappa shape index (κ2) is 5.10. The molecule has 0 aromatic carbocycles. The number of aromatic nitrogens is 3. The summed E-state index contributed by atoms with van der Waals surface area (Å²) in [7, 11) is 0. The van der Waals surface area contributed by atoms with E-state index in [1.807, 2.05) is 6.07 Å². The summed E-state index contributed by atoms with van der Waals surface area (Å²) in [5.41, 5.74) is 0.678. The van der Waals surface area contributed by atoms with Crippen molar-refractivity contribution in [3.63, 3.8) is 0 Å². The minimum Gasteiger partial charge on any atom is -0.476 e. The molecular formula is C12H8ClN3O3S. The summed E-state index contributed by atoms with van der Waals surface area (Å²) in [4.78, 5) is 15.4. The number of carboxylic acid groups (broad SMARTS) is 1. The molecule has 0 saturated heterocycles. The Bertz CT molecular complexity index is 761. The first kappa shape index (κ1) is 12.9. The number of carbonyl (C=O) groups is 1. The minimum atomic E-state index is -1.06. The van der Waals surface area contributed by atoms with E-state index in [9.17, 15) is 4.79 Å². The fourth-order valence-corrected chi connectivity index (χ4v) is 2.68. The van der Waals surface area contributed by atoms with Crippen LogP contribution in [0.5, 0.6) is 0 Å². The molecule has 0 aliphatic heterocycles. The van der Waals surface area contributed by atoms with Gasteiger partial charge in [-0.2, -0.15) is 0 Å². The van der Waals surface area contributed by atoms with Crippen LogP contribution < -0.4 is 0 Å². The van der Waals surface area contributed by atoms with Crippen molar-refractivity contribution in [2.24, 2.45) is 0 Å². The maximum Gasteiger partial charge on any atom is 0.356 e. The average Bonchev–Trinajstić information content (AvgIpc) is 3.09. The van der Waals surface area contributed by atoms with Crippen LogP contribution in [0, 0.1) is 0 Å². The van der Waals surface area contributed by atoms with Crippen LogP contribution in [0.3, 0.4) is 0 Å². The van der Waals surface area contributed by atoms with Crippen molar-refractivity contribution in [3.05, 3.63) is 46.4 Å². The number of thiophene rings is 1. The Hall–Kier alpha value is -2.12. The molecule has 0 radical (unpaired) electrons. The molecule has 3 aromatic heterocycles. The van der Waals surface area contributed by atoms with Crippen LogP contribution in [0.4, 0.5) is 0 Å². The van der Waals surface area contributed by atoms with Gasteiger partial charge in [-0.05, 0) is 12.1 Å². The van der Waals surface area contributed by atoms with Gasteiger partial charge in [0, 0.05) is 12.3 Å². The van der Waals surface area contributed by atoms with E-state index in [2.05, 4.69) is 10.1 Å². The molecule has 0 saturated carbocycles. The van der Waals surface area contributed by atoms with Crippen molar-refractivity contribution >= 4 is 28.9 Å². The highest BCUT2D eigenvalue weighted by molar-refractivity contribution is 7.19. The minimum absolute atomic E-state index is 0.00115. The van der Waals surface area contributed by atoms with E-state index in [4.69, 9.17) is 21.2 Å². The van der Waals surface area contributed by atoms with Gasteiger partial charge in [0.1, 0.15) is 5.69 Å². The first-order valence-corrected chi connectivity index (χ1v) is 6.77. The molecule has 0 bridgehead atoms. The van der Waals surface area contributed by atoms with Gasteiger partial charge < -0.3 is 14.2 Å².